The molecule has 0 aliphatic carbocycles. The van der Waals surface area contributed by atoms with Crippen LogP contribution in [0.25, 0.3) is 0 Å². The maximum atomic E-state index is 12.8. The molecule has 2 atom stereocenters. The van der Waals surface area contributed by atoms with E-state index in [0.717, 1.165) is 32.1 Å². The first-order valence-corrected chi connectivity index (χ1v) is 43.3. The Hall–Kier alpha value is -1.51. The number of unbranched alkanes of at least 4 members (excludes halogenated alkanes) is 64. The van der Waals surface area contributed by atoms with Gasteiger partial charge in [0, 0.05) is 19.4 Å². The first kappa shape index (κ1) is 91.5. The van der Waals surface area contributed by atoms with Crippen molar-refractivity contribution in [2.75, 3.05) is 26.4 Å². The number of nitrogens with two attached hydrogens (primary N) is 1. The van der Waals surface area contributed by atoms with Crippen LogP contribution >= 0.6 is 7.82 Å². The van der Waals surface area contributed by atoms with Crippen LogP contribution in [-0.4, -0.2) is 49.3 Å². The summed E-state index contributed by atoms with van der Waals surface area (Å²) in [5.41, 5.74) is 5.42. The zero-order valence-electron chi connectivity index (χ0n) is 62.5. The molecule has 0 amide bonds. The number of hydrogen-bond acceptors (Lipinski definition) is 8. The van der Waals surface area contributed by atoms with E-state index in [9.17, 15) is 19.0 Å². The Morgan fingerprint density at radius 1 is 0.312 bits per heavy atom. The molecule has 0 heterocycles. The number of phosphoric ester groups is 1. The number of allylic oxidation sites excluding steroid dienone is 4. The van der Waals surface area contributed by atoms with Crippen molar-refractivity contribution in [1.29, 1.82) is 0 Å². The van der Waals surface area contributed by atoms with Crippen molar-refractivity contribution >= 4 is 19.8 Å². The fourth-order valence-corrected chi connectivity index (χ4v) is 13.9. The molecule has 9 nitrogen and oxygen atoms in total. The average molecular weight is 1330 g/mol. The summed E-state index contributed by atoms with van der Waals surface area (Å²) in [4.78, 5) is 35.5. The predicted molar refractivity (Wildman–Crippen MR) is 404 cm³/mol. The van der Waals surface area contributed by atoms with E-state index >= 15 is 0 Å². The minimum atomic E-state index is -4.39. The van der Waals surface area contributed by atoms with Gasteiger partial charge in [-0.3, -0.25) is 18.6 Å². The highest BCUT2D eigenvalue weighted by atomic mass is 31.2. The van der Waals surface area contributed by atoms with Crippen LogP contribution in [0, 0.1) is 0 Å². The molecule has 3 N–H and O–H groups in total. The zero-order chi connectivity index (χ0) is 67.2. The molecule has 93 heavy (non-hydrogen) atoms. The van der Waals surface area contributed by atoms with Gasteiger partial charge >= 0.3 is 19.8 Å². The summed E-state index contributed by atoms with van der Waals surface area (Å²) in [6.07, 6.45) is 101. The molecule has 0 saturated carbocycles. The van der Waals surface area contributed by atoms with Crippen molar-refractivity contribution in [3.63, 3.8) is 0 Å². The Kier molecular flexibility index (Phi) is 78.2. The SMILES string of the molecule is CCCCCCCCCC/C=C\CCCCCCCCCCCCCCCCCCCCCCCCCCCC(=O)OC(COC(=O)CCCCCCCCCCCCCCCCCCCCCCCCC/C=C\CCCCCCCCCC)COP(=O)(O)OCCN. The molecule has 0 rings (SSSR count). The fourth-order valence-electron chi connectivity index (χ4n) is 13.1. The third kappa shape index (κ3) is 79.4. The molecule has 0 aromatic heterocycles. The number of rotatable bonds is 81. The Bertz CT molecular complexity index is 1570. The van der Waals surface area contributed by atoms with Crippen molar-refractivity contribution in [3.8, 4) is 0 Å². The molecule has 0 bridgehead atoms. The molecule has 10 heteroatoms. The Morgan fingerprint density at radius 2 is 0.527 bits per heavy atom. The predicted octanol–water partition coefficient (Wildman–Crippen LogP) is 28.0. The van der Waals surface area contributed by atoms with Gasteiger partial charge in [0.25, 0.3) is 0 Å². The lowest BCUT2D eigenvalue weighted by Gasteiger charge is -2.19. The topological polar surface area (TPSA) is 134 Å². The van der Waals surface area contributed by atoms with Gasteiger partial charge in [-0.05, 0) is 64.2 Å². The Balaban J connectivity index is 3.72. The maximum absolute atomic E-state index is 12.8. The number of hydrogen-bond donors (Lipinski definition) is 2. The van der Waals surface area contributed by atoms with Crippen LogP contribution < -0.4 is 5.73 Å². The molecule has 0 aromatic rings. The van der Waals surface area contributed by atoms with Crippen LogP contribution in [0.2, 0.25) is 0 Å². The number of carbonyl (C=O) groups is 2. The lowest BCUT2D eigenvalue weighted by atomic mass is 10.0. The number of esters is 2. The summed E-state index contributed by atoms with van der Waals surface area (Å²) in [6.45, 7) is 3.84. The summed E-state index contributed by atoms with van der Waals surface area (Å²) < 4.78 is 33.3. The lowest BCUT2D eigenvalue weighted by molar-refractivity contribution is -0.161. The molecular weight excluding hydrogens is 1170 g/mol. The maximum Gasteiger partial charge on any atom is 0.472 e. The Morgan fingerprint density at radius 3 is 0.763 bits per heavy atom. The standard InChI is InChI=1S/C83H162NO8P/c1-3-5-7-9-11-13-15-17-19-21-23-25-27-29-31-33-35-37-39-40-42-44-46-48-50-52-54-56-58-60-62-64-66-68-70-72-74-76-83(86)92-81(80-91-93(87,88)90-78-77-84)79-89-82(85)75-73-71-69-67-65-63-61-59-57-55-53-51-49-47-45-43-41-38-36-34-32-30-28-26-24-22-20-18-16-14-12-10-8-6-4-2/h21-24,81H,3-20,25-80,84H2,1-2H3,(H,87,88)/b23-21-,24-22-. The van der Waals surface area contributed by atoms with Crippen molar-refractivity contribution in [2.45, 2.75) is 469 Å². The van der Waals surface area contributed by atoms with Crippen LogP contribution in [-0.2, 0) is 32.7 Å². The molecule has 0 radical (unpaired) electrons. The van der Waals surface area contributed by atoms with Crippen molar-refractivity contribution in [2.24, 2.45) is 5.73 Å². The smallest absolute Gasteiger partial charge is 0.462 e. The molecule has 0 saturated heterocycles. The van der Waals surface area contributed by atoms with Crippen LogP contribution in [0.5, 0.6) is 0 Å². The number of ether oxygens (including phenoxy) is 2. The highest BCUT2D eigenvalue weighted by Crippen LogP contribution is 2.43. The van der Waals surface area contributed by atoms with Gasteiger partial charge < -0.3 is 20.1 Å². The third-order valence-corrected chi connectivity index (χ3v) is 20.3. The van der Waals surface area contributed by atoms with E-state index in [1.807, 2.05) is 0 Å². The lowest BCUT2D eigenvalue weighted by Crippen LogP contribution is -2.29. The van der Waals surface area contributed by atoms with Gasteiger partial charge in [-0.1, -0.05) is 411 Å². The summed E-state index contributed by atoms with van der Waals surface area (Å²) in [6, 6.07) is 0. The molecule has 0 spiro atoms. The molecule has 2 unspecified atom stereocenters. The summed E-state index contributed by atoms with van der Waals surface area (Å²) in [5.74, 6) is -0.797. The molecule has 0 aliphatic heterocycles. The minimum absolute atomic E-state index is 0.0576. The molecule has 552 valence electrons. The van der Waals surface area contributed by atoms with Crippen molar-refractivity contribution in [3.05, 3.63) is 24.3 Å². The van der Waals surface area contributed by atoms with E-state index in [1.54, 1.807) is 0 Å². The molecule has 0 aromatic carbocycles. The quantitative estimate of drug-likeness (QED) is 0.0264. The monoisotopic (exact) mass is 1330 g/mol. The zero-order valence-corrected chi connectivity index (χ0v) is 63.4. The number of phosphoric acid groups is 1. The van der Waals surface area contributed by atoms with Gasteiger partial charge in [0.15, 0.2) is 6.10 Å². The average Bonchev–Trinajstić information content (AvgIpc) is 3.04. The van der Waals surface area contributed by atoms with Crippen LogP contribution in [0.1, 0.15) is 463 Å². The highest BCUT2D eigenvalue weighted by Gasteiger charge is 2.26. The minimum Gasteiger partial charge on any atom is -0.462 e. The van der Waals surface area contributed by atoms with Crippen LogP contribution in [0.4, 0.5) is 0 Å². The largest absolute Gasteiger partial charge is 0.472 e. The van der Waals surface area contributed by atoms with E-state index in [1.165, 1.54) is 398 Å². The number of carbonyl (C=O) groups excluding carboxylic acids is 2. The van der Waals surface area contributed by atoms with Gasteiger partial charge in [-0.15, -0.1) is 0 Å². The van der Waals surface area contributed by atoms with Crippen molar-refractivity contribution < 1.29 is 37.6 Å². The molecule has 0 fully saturated rings. The molecular formula is C83H162NO8P. The second-order valence-corrected chi connectivity index (χ2v) is 30.2. The van der Waals surface area contributed by atoms with Crippen molar-refractivity contribution in [1.82, 2.24) is 0 Å². The summed E-state index contributed by atoms with van der Waals surface area (Å²) >= 11 is 0. The van der Waals surface area contributed by atoms with Gasteiger partial charge in [0.1, 0.15) is 6.61 Å². The summed E-state index contributed by atoms with van der Waals surface area (Å²) in [7, 11) is -4.39. The van der Waals surface area contributed by atoms with Gasteiger partial charge in [0.2, 0.25) is 0 Å². The van der Waals surface area contributed by atoms with E-state index in [2.05, 4.69) is 38.2 Å². The molecule has 0 aliphatic rings. The van der Waals surface area contributed by atoms with Gasteiger partial charge in [0.05, 0.1) is 13.2 Å². The first-order valence-electron chi connectivity index (χ1n) is 41.8. The fraction of sp³-hybridized carbons (Fsp3) is 0.928. The van der Waals surface area contributed by atoms with Gasteiger partial charge in [-0.2, -0.15) is 0 Å². The third-order valence-electron chi connectivity index (χ3n) is 19.3. The van der Waals surface area contributed by atoms with Crippen LogP contribution in [0.3, 0.4) is 0 Å². The van der Waals surface area contributed by atoms with Crippen LogP contribution in [0.15, 0.2) is 24.3 Å². The van der Waals surface area contributed by atoms with Gasteiger partial charge in [-0.25, -0.2) is 4.57 Å². The van der Waals surface area contributed by atoms with E-state index in [-0.39, 0.29) is 38.6 Å². The second kappa shape index (κ2) is 79.5. The van der Waals surface area contributed by atoms with E-state index in [0.29, 0.717) is 6.42 Å². The summed E-state index contributed by atoms with van der Waals surface area (Å²) in [5, 5.41) is 0. The van der Waals surface area contributed by atoms with E-state index < -0.39 is 26.5 Å². The van der Waals surface area contributed by atoms with E-state index in [4.69, 9.17) is 24.3 Å². The Labute approximate surface area is 580 Å². The first-order chi connectivity index (χ1) is 45.8. The highest BCUT2D eigenvalue weighted by molar-refractivity contribution is 7.47. The normalized spacial score (nSPS) is 12.9. The second-order valence-electron chi connectivity index (χ2n) is 28.7.